The van der Waals surface area contributed by atoms with E-state index in [1.165, 1.54) is 33.7 Å². The van der Waals surface area contributed by atoms with Crippen LogP contribution in [0.5, 0.6) is 0 Å². The molecule has 3 aromatic carbocycles. The fraction of sp³-hybridized carbons (Fsp3) is 0.310. The lowest BCUT2D eigenvalue weighted by Gasteiger charge is -2.34. The van der Waals surface area contributed by atoms with Crippen molar-refractivity contribution in [3.05, 3.63) is 83.9 Å². The molecule has 1 aliphatic heterocycles. The summed E-state index contributed by atoms with van der Waals surface area (Å²) in [5.41, 5.74) is 3.42. The van der Waals surface area contributed by atoms with Crippen molar-refractivity contribution in [3.8, 4) is 0 Å². The number of hydrogen-bond acceptors (Lipinski definition) is 7. The quantitative estimate of drug-likeness (QED) is 0.328. The number of aromatic nitrogens is 1. The number of aryl methyl sites for hydroxylation is 1. The van der Waals surface area contributed by atoms with E-state index >= 15 is 0 Å². The first-order valence-corrected chi connectivity index (χ1v) is 15.4. The van der Waals surface area contributed by atoms with E-state index in [4.69, 9.17) is 4.98 Å². The highest BCUT2D eigenvalue weighted by Crippen LogP contribution is 2.31. The smallest absolute Gasteiger partial charge is 0.264 e. The average molecular weight is 564 g/mol. The Kier molecular flexibility index (Phi) is 8.15. The van der Waals surface area contributed by atoms with Gasteiger partial charge in [0, 0.05) is 51.9 Å². The number of hydrogen-bond donors (Lipinski definition) is 1. The van der Waals surface area contributed by atoms with Crippen LogP contribution >= 0.6 is 11.3 Å². The number of nitrogens with one attached hydrogen (secondary N) is 1. The van der Waals surface area contributed by atoms with Crippen molar-refractivity contribution in [1.82, 2.24) is 15.2 Å². The molecule has 0 saturated carbocycles. The van der Waals surface area contributed by atoms with Gasteiger partial charge >= 0.3 is 0 Å². The van der Waals surface area contributed by atoms with Gasteiger partial charge in [-0.25, -0.2) is 13.4 Å². The van der Waals surface area contributed by atoms with Crippen molar-refractivity contribution in [2.75, 3.05) is 55.5 Å². The zero-order chi connectivity index (χ0) is 27.4. The molecule has 39 heavy (non-hydrogen) atoms. The van der Waals surface area contributed by atoms with E-state index < -0.39 is 10.0 Å². The molecule has 0 atom stereocenters. The lowest BCUT2D eigenvalue weighted by atomic mass is 10.1. The number of fused-ring (bicyclic) bond motifs is 1. The summed E-state index contributed by atoms with van der Waals surface area (Å²) in [5, 5.41) is 4.04. The van der Waals surface area contributed by atoms with E-state index in [1.807, 2.05) is 6.07 Å². The molecule has 1 saturated heterocycles. The minimum absolute atomic E-state index is 0.141. The highest BCUT2D eigenvalue weighted by Gasteiger charge is 2.22. The minimum atomic E-state index is -3.71. The Bertz CT molecular complexity index is 1530. The van der Waals surface area contributed by atoms with Gasteiger partial charge in [-0.2, -0.15) is 0 Å². The van der Waals surface area contributed by atoms with Crippen molar-refractivity contribution < 1.29 is 13.2 Å². The molecule has 1 N–H and O–H groups in total. The van der Waals surface area contributed by atoms with Gasteiger partial charge in [-0.05, 0) is 54.4 Å². The molecule has 4 aromatic rings. The van der Waals surface area contributed by atoms with Gasteiger partial charge in [0.1, 0.15) is 0 Å². The lowest BCUT2D eigenvalue weighted by Crippen LogP contribution is -2.48. The van der Waals surface area contributed by atoms with Crippen LogP contribution in [0.3, 0.4) is 0 Å². The zero-order valence-corrected chi connectivity index (χ0v) is 23.8. The molecular formula is C29H33N5O3S2. The predicted molar refractivity (Wildman–Crippen MR) is 158 cm³/mol. The van der Waals surface area contributed by atoms with E-state index in [-0.39, 0.29) is 10.8 Å². The number of carbonyl (C=O) groups excluding carboxylic acids is 1. The number of benzene rings is 3. The largest absolute Gasteiger partial charge is 0.351 e. The molecule has 1 aliphatic rings. The van der Waals surface area contributed by atoms with Crippen LogP contribution in [0.2, 0.25) is 0 Å². The van der Waals surface area contributed by atoms with Gasteiger partial charge in [-0.1, -0.05) is 48.6 Å². The van der Waals surface area contributed by atoms with Gasteiger partial charge in [0.05, 0.1) is 20.8 Å². The Morgan fingerprint density at radius 2 is 1.69 bits per heavy atom. The Balaban J connectivity index is 1.10. The maximum absolute atomic E-state index is 13.0. The third kappa shape index (κ3) is 5.93. The first kappa shape index (κ1) is 27.1. The first-order valence-electron chi connectivity index (χ1n) is 13.1. The molecule has 1 fully saturated rings. The highest BCUT2D eigenvalue weighted by molar-refractivity contribution is 7.92. The van der Waals surface area contributed by atoms with Crippen molar-refractivity contribution in [2.24, 2.45) is 0 Å². The second-order valence-electron chi connectivity index (χ2n) is 9.53. The molecule has 10 heteroatoms. The summed E-state index contributed by atoms with van der Waals surface area (Å²) >= 11 is 1.76. The minimum Gasteiger partial charge on any atom is -0.351 e. The second kappa shape index (κ2) is 11.7. The Labute approximate surface area is 233 Å². The summed E-state index contributed by atoms with van der Waals surface area (Å²) in [6.45, 7) is 7.08. The van der Waals surface area contributed by atoms with Crippen LogP contribution < -0.4 is 14.5 Å². The molecule has 204 valence electrons. The molecule has 0 radical (unpaired) electrons. The fourth-order valence-corrected chi connectivity index (χ4v) is 6.98. The van der Waals surface area contributed by atoms with Crippen molar-refractivity contribution >= 4 is 48.3 Å². The van der Waals surface area contributed by atoms with E-state index in [1.54, 1.807) is 47.7 Å². The van der Waals surface area contributed by atoms with E-state index in [0.717, 1.165) is 49.8 Å². The fourth-order valence-electron chi connectivity index (χ4n) is 4.72. The molecule has 5 rings (SSSR count). The van der Waals surface area contributed by atoms with Gasteiger partial charge in [0.15, 0.2) is 5.13 Å². The molecule has 0 spiro atoms. The van der Waals surface area contributed by atoms with Crippen molar-refractivity contribution in [2.45, 2.75) is 18.2 Å². The molecule has 0 aliphatic carbocycles. The lowest BCUT2D eigenvalue weighted by molar-refractivity contribution is 0.0947. The molecule has 0 bridgehead atoms. The molecule has 1 amide bonds. The van der Waals surface area contributed by atoms with Crippen LogP contribution in [0, 0.1) is 0 Å². The van der Waals surface area contributed by atoms with E-state index in [0.29, 0.717) is 17.8 Å². The molecule has 8 nitrogen and oxygen atoms in total. The number of anilines is 2. The average Bonchev–Trinajstić information content (AvgIpc) is 3.42. The summed E-state index contributed by atoms with van der Waals surface area (Å²) in [5.74, 6) is -0.213. The van der Waals surface area contributed by atoms with Gasteiger partial charge in [-0.15, -0.1) is 0 Å². The van der Waals surface area contributed by atoms with Crippen LogP contribution in [-0.4, -0.2) is 70.5 Å². The third-order valence-corrected chi connectivity index (χ3v) is 10.0. The topological polar surface area (TPSA) is 85.8 Å². The van der Waals surface area contributed by atoms with Crippen LogP contribution in [0.15, 0.2) is 77.7 Å². The SMILES string of the molecule is CCc1cccc2sc(N3CCN(CCNC(=O)c4ccc(S(=O)(=O)N(C)c5ccccc5)cc4)CC3)nc12. The van der Waals surface area contributed by atoms with Gasteiger partial charge in [-0.3, -0.25) is 14.0 Å². The summed E-state index contributed by atoms with van der Waals surface area (Å²) < 4.78 is 28.4. The Morgan fingerprint density at radius 3 is 2.38 bits per heavy atom. The van der Waals surface area contributed by atoms with Crippen LogP contribution in [0.1, 0.15) is 22.8 Å². The standard InChI is InChI=1S/C29H33N5O3S2/c1-3-22-8-7-11-26-27(22)31-29(38-26)34-20-18-33(19-21-34)17-16-30-28(35)23-12-14-25(15-13-23)39(36,37)32(2)24-9-5-4-6-10-24/h4-15H,3,16-21H2,1-2H3,(H,30,35). The van der Waals surface area contributed by atoms with Crippen molar-refractivity contribution in [1.29, 1.82) is 0 Å². The van der Waals surface area contributed by atoms with Gasteiger partial charge < -0.3 is 10.2 Å². The van der Waals surface area contributed by atoms with Crippen molar-refractivity contribution in [3.63, 3.8) is 0 Å². The number of nitrogens with zero attached hydrogens (tertiary/aromatic N) is 4. The summed E-state index contributed by atoms with van der Waals surface area (Å²) in [6.07, 6.45) is 0.981. The number of piperazine rings is 1. The zero-order valence-electron chi connectivity index (χ0n) is 22.2. The number of carbonyl (C=O) groups is 1. The number of rotatable bonds is 9. The van der Waals surface area contributed by atoms with E-state index in [2.05, 4.69) is 40.2 Å². The summed E-state index contributed by atoms with van der Waals surface area (Å²) in [4.78, 5) is 22.4. The number of thiazole rings is 1. The molecule has 1 aromatic heterocycles. The third-order valence-electron chi connectivity index (χ3n) is 7.12. The summed E-state index contributed by atoms with van der Waals surface area (Å²) in [6, 6.07) is 21.4. The maximum Gasteiger partial charge on any atom is 0.264 e. The Morgan fingerprint density at radius 1 is 0.974 bits per heavy atom. The van der Waals surface area contributed by atoms with Crippen LogP contribution in [0.4, 0.5) is 10.8 Å². The summed E-state index contributed by atoms with van der Waals surface area (Å²) in [7, 11) is -2.19. The van der Waals surface area contributed by atoms with Gasteiger partial charge in [0.2, 0.25) is 0 Å². The van der Waals surface area contributed by atoms with Crippen LogP contribution in [0.25, 0.3) is 10.2 Å². The van der Waals surface area contributed by atoms with E-state index in [9.17, 15) is 13.2 Å². The van der Waals surface area contributed by atoms with Crippen LogP contribution in [-0.2, 0) is 16.4 Å². The second-order valence-corrected chi connectivity index (χ2v) is 12.5. The van der Waals surface area contributed by atoms with Gasteiger partial charge in [0.25, 0.3) is 15.9 Å². The number of amides is 1. The maximum atomic E-state index is 13.0. The molecular weight excluding hydrogens is 530 g/mol. The normalized spacial score (nSPS) is 14.5. The molecule has 0 unspecified atom stereocenters. The number of sulfonamides is 1. The number of para-hydroxylation sites is 2. The monoisotopic (exact) mass is 563 g/mol. The molecule has 2 heterocycles. The first-order chi connectivity index (χ1) is 18.9. The highest BCUT2D eigenvalue weighted by atomic mass is 32.2. The Hall–Kier alpha value is -3.47. The predicted octanol–water partition coefficient (Wildman–Crippen LogP) is 4.24.